The Balaban J connectivity index is 1.17. The molecule has 3 aromatic carbocycles. The van der Waals surface area contributed by atoms with Crippen LogP contribution in [-0.4, -0.2) is 53.3 Å². The van der Waals surface area contributed by atoms with Gasteiger partial charge in [-0.2, -0.15) is 5.26 Å². The number of phenols is 1. The van der Waals surface area contributed by atoms with Gasteiger partial charge in [0.15, 0.2) is 0 Å². The maximum Gasteiger partial charge on any atom is 0.255 e. The van der Waals surface area contributed by atoms with Gasteiger partial charge in [0.05, 0.1) is 23.3 Å². The number of likely N-dealkylation sites (tertiary alicyclic amines) is 1. The molecule has 6 rings (SSSR count). The highest BCUT2D eigenvalue weighted by Gasteiger charge is 2.54. The predicted octanol–water partition coefficient (Wildman–Crippen LogP) is 4.34. The van der Waals surface area contributed by atoms with Crippen molar-refractivity contribution in [2.45, 2.75) is 43.2 Å². The first-order valence-corrected chi connectivity index (χ1v) is 13.7. The van der Waals surface area contributed by atoms with Crippen LogP contribution in [0, 0.1) is 17.2 Å². The summed E-state index contributed by atoms with van der Waals surface area (Å²) in [7, 11) is 2.15. The molecule has 3 aromatic rings. The molecule has 1 aliphatic heterocycles. The number of phenolic OH excluding ortho intramolecular Hbond substituents is 1. The van der Waals surface area contributed by atoms with Gasteiger partial charge in [-0.05, 0) is 79.7 Å². The molecule has 6 heteroatoms. The summed E-state index contributed by atoms with van der Waals surface area (Å²) in [5, 5.41) is 34.0. The van der Waals surface area contributed by atoms with Crippen LogP contribution in [0.1, 0.15) is 45.5 Å². The van der Waals surface area contributed by atoms with E-state index < -0.39 is 6.10 Å². The molecular weight excluding hydrogens is 486 g/mol. The van der Waals surface area contributed by atoms with E-state index in [1.807, 2.05) is 60.7 Å². The van der Waals surface area contributed by atoms with E-state index >= 15 is 0 Å². The fraction of sp³-hybridized carbons (Fsp3) is 0.333. The second kappa shape index (κ2) is 10.00. The Kier molecular flexibility index (Phi) is 6.50. The van der Waals surface area contributed by atoms with E-state index in [0.29, 0.717) is 36.6 Å². The lowest BCUT2D eigenvalue weighted by Gasteiger charge is -2.57. The zero-order valence-corrected chi connectivity index (χ0v) is 22.1. The fourth-order valence-electron chi connectivity index (χ4n) is 7.05. The second-order valence-corrected chi connectivity index (χ2v) is 11.2. The number of rotatable bonds is 5. The van der Waals surface area contributed by atoms with Gasteiger partial charge in [0.2, 0.25) is 0 Å². The van der Waals surface area contributed by atoms with E-state index in [1.165, 1.54) is 0 Å². The van der Waals surface area contributed by atoms with Crippen LogP contribution < -0.4 is 5.32 Å². The van der Waals surface area contributed by atoms with Crippen LogP contribution in [0.25, 0.3) is 11.1 Å². The molecule has 2 bridgehead atoms. The van der Waals surface area contributed by atoms with Crippen molar-refractivity contribution < 1.29 is 15.0 Å². The lowest BCUT2D eigenvalue weighted by Crippen LogP contribution is -2.60. The largest absolute Gasteiger partial charge is 0.507 e. The highest BCUT2D eigenvalue weighted by molar-refractivity contribution is 5.97. The zero-order chi connectivity index (χ0) is 27.1. The van der Waals surface area contributed by atoms with Gasteiger partial charge >= 0.3 is 0 Å². The lowest BCUT2D eigenvalue weighted by molar-refractivity contribution is 0.0195. The van der Waals surface area contributed by atoms with Gasteiger partial charge in [0.25, 0.3) is 5.91 Å². The summed E-state index contributed by atoms with van der Waals surface area (Å²) in [5.74, 6) is 0.00953. The van der Waals surface area contributed by atoms with Crippen LogP contribution in [0.2, 0.25) is 0 Å². The molecule has 1 heterocycles. The smallest absolute Gasteiger partial charge is 0.255 e. The van der Waals surface area contributed by atoms with Crippen molar-refractivity contribution in [3.8, 4) is 22.9 Å². The van der Waals surface area contributed by atoms with Crippen molar-refractivity contribution in [3.63, 3.8) is 0 Å². The summed E-state index contributed by atoms with van der Waals surface area (Å²) in [5.41, 5.74) is 5.77. The molecule has 1 amide bonds. The molecule has 3 aliphatic rings. The molecule has 6 nitrogen and oxygen atoms in total. The van der Waals surface area contributed by atoms with Gasteiger partial charge in [-0.15, -0.1) is 0 Å². The number of fused-ring (bicyclic) bond motifs is 1. The number of amides is 1. The Hall–Kier alpha value is -3.92. The lowest BCUT2D eigenvalue weighted by atomic mass is 9.53. The van der Waals surface area contributed by atoms with Crippen molar-refractivity contribution in [1.82, 2.24) is 10.2 Å². The minimum atomic E-state index is -0.545. The SMILES string of the molecule is CN1CC[C@]23C[C@@H](O)C=C[C@H]2[C@H]1Cc1ccc(C(=O)NCCc2ccc(-c4ccc(C#N)cc4)cc2)c(O)c13. The van der Waals surface area contributed by atoms with Crippen molar-refractivity contribution in [1.29, 1.82) is 5.26 Å². The number of likely N-dealkylation sites (N-methyl/N-ethyl adjacent to an activating group) is 1. The molecule has 3 N–H and O–H groups in total. The number of aliphatic hydroxyl groups is 1. The molecule has 0 radical (unpaired) electrons. The summed E-state index contributed by atoms with van der Waals surface area (Å²) < 4.78 is 0. The number of carbonyl (C=O) groups excluding carboxylic acids is 1. The third kappa shape index (κ3) is 4.42. The monoisotopic (exact) mass is 519 g/mol. The Labute approximate surface area is 229 Å². The van der Waals surface area contributed by atoms with Gasteiger partial charge in [0, 0.05) is 29.5 Å². The quantitative estimate of drug-likeness (QED) is 0.436. The minimum absolute atomic E-state index is 0.0762. The van der Waals surface area contributed by atoms with Crippen molar-refractivity contribution in [2.24, 2.45) is 5.92 Å². The van der Waals surface area contributed by atoms with Crippen LogP contribution in [0.3, 0.4) is 0 Å². The highest BCUT2D eigenvalue weighted by Crippen LogP contribution is 2.56. The first-order chi connectivity index (χ1) is 18.9. The molecule has 2 aliphatic carbocycles. The Bertz CT molecular complexity index is 1470. The molecule has 0 unspecified atom stereocenters. The van der Waals surface area contributed by atoms with Crippen LogP contribution in [0.15, 0.2) is 72.8 Å². The second-order valence-electron chi connectivity index (χ2n) is 11.2. The van der Waals surface area contributed by atoms with Crippen molar-refractivity contribution >= 4 is 5.91 Å². The number of nitrogens with one attached hydrogen (secondary N) is 1. The number of hydrogen-bond acceptors (Lipinski definition) is 5. The van der Waals surface area contributed by atoms with Crippen LogP contribution in [0.5, 0.6) is 5.75 Å². The van der Waals surface area contributed by atoms with Crippen molar-refractivity contribution in [3.05, 3.63) is 101 Å². The van der Waals surface area contributed by atoms with E-state index in [9.17, 15) is 15.0 Å². The Morgan fingerprint density at radius 3 is 2.51 bits per heavy atom. The first-order valence-electron chi connectivity index (χ1n) is 13.7. The van der Waals surface area contributed by atoms with E-state index in [2.05, 4.69) is 29.4 Å². The molecule has 1 saturated heterocycles. The minimum Gasteiger partial charge on any atom is -0.507 e. The number of nitrogens with zero attached hydrogens (tertiary/aromatic N) is 2. The standard InChI is InChI=1S/C33H33N3O3/c1-36-17-15-33-19-26(37)11-13-28(33)29(36)18-25-10-12-27(31(38)30(25)33)32(39)35-16-14-21-2-6-23(7-3-21)24-8-4-22(20-34)5-9-24/h2-13,26,28-29,37-38H,14-19H2,1H3,(H,35,39)/t26-,28-,29+,33-/m0/s1. The number of benzene rings is 3. The Morgan fingerprint density at radius 2 is 1.79 bits per heavy atom. The third-order valence-electron chi connectivity index (χ3n) is 9.08. The fourth-order valence-corrected chi connectivity index (χ4v) is 7.05. The van der Waals surface area contributed by atoms with E-state index in [0.717, 1.165) is 47.2 Å². The predicted molar refractivity (Wildman–Crippen MR) is 150 cm³/mol. The number of piperidine rings is 1. The average molecular weight is 520 g/mol. The summed E-state index contributed by atoms with van der Waals surface area (Å²) in [4.78, 5) is 15.6. The van der Waals surface area contributed by atoms with Gasteiger partial charge in [-0.3, -0.25) is 4.79 Å². The maximum atomic E-state index is 13.2. The summed E-state index contributed by atoms with van der Waals surface area (Å²) >= 11 is 0. The number of carbonyl (C=O) groups is 1. The molecule has 0 aromatic heterocycles. The molecule has 4 atom stereocenters. The zero-order valence-electron chi connectivity index (χ0n) is 22.1. The average Bonchev–Trinajstić information content (AvgIpc) is 2.95. The number of nitriles is 1. The van der Waals surface area contributed by atoms with Crippen LogP contribution >= 0.6 is 0 Å². The first kappa shape index (κ1) is 25.4. The van der Waals surface area contributed by atoms with Crippen LogP contribution in [0.4, 0.5) is 0 Å². The van der Waals surface area contributed by atoms with Crippen LogP contribution in [-0.2, 0) is 18.3 Å². The third-order valence-corrected chi connectivity index (χ3v) is 9.08. The normalized spacial score (nSPS) is 25.3. The Morgan fingerprint density at radius 1 is 1.08 bits per heavy atom. The van der Waals surface area contributed by atoms with E-state index in [4.69, 9.17) is 5.26 Å². The number of aliphatic hydroxyl groups excluding tert-OH is 1. The van der Waals surface area contributed by atoms with Gasteiger partial charge < -0.3 is 20.4 Å². The number of hydrogen-bond donors (Lipinski definition) is 3. The molecule has 39 heavy (non-hydrogen) atoms. The summed E-state index contributed by atoms with van der Waals surface area (Å²) in [6, 6.07) is 21.9. The van der Waals surface area contributed by atoms with E-state index in [1.54, 1.807) is 6.07 Å². The molecule has 1 fully saturated rings. The number of aromatic hydroxyl groups is 1. The van der Waals surface area contributed by atoms with Gasteiger partial charge in [0.1, 0.15) is 5.75 Å². The molecule has 198 valence electrons. The van der Waals surface area contributed by atoms with Crippen molar-refractivity contribution in [2.75, 3.05) is 20.1 Å². The summed E-state index contributed by atoms with van der Waals surface area (Å²) in [6.45, 7) is 1.36. The maximum absolute atomic E-state index is 13.2. The molecule has 0 spiro atoms. The van der Waals surface area contributed by atoms with Gasteiger partial charge in [-0.1, -0.05) is 54.6 Å². The van der Waals surface area contributed by atoms with Gasteiger partial charge in [-0.25, -0.2) is 0 Å². The highest BCUT2D eigenvalue weighted by atomic mass is 16.3. The van der Waals surface area contributed by atoms with E-state index in [-0.39, 0.29) is 23.0 Å². The molecular formula is C33H33N3O3. The molecule has 0 saturated carbocycles. The topological polar surface area (TPSA) is 96.6 Å². The summed E-state index contributed by atoms with van der Waals surface area (Å²) in [6.07, 6.45) is 6.39.